The predicted octanol–water partition coefficient (Wildman–Crippen LogP) is 5.32. The molecule has 0 unspecified atom stereocenters. The van der Waals surface area contributed by atoms with Gasteiger partial charge in [-0.15, -0.1) is 18.3 Å². The van der Waals surface area contributed by atoms with Gasteiger partial charge < -0.3 is 10.1 Å². The second-order valence-corrected chi connectivity index (χ2v) is 8.11. The summed E-state index contributed by atoms with van der Waals surface area (Å²) in [6, 6.07) is 19.7. The van der Waals surface area contributed by atoms with Gasteiger partial charge in [-0.3, -0.25) is 5.32 Å². The Morgan fingerprint density at radius 2 is 1.81 bits per heavy atom. The van der Waals surface area contributed by atoms with E-state index in [1.54, 1.807) is 0 Å². The van der Waals surface area contributed by atoms with Crippen molar-refractivity contribution >= 4 is 23.2 Å². The molecular weight excluding hydrogens is 491 g/mol. The molecule has 7 nitrogen and oxygen atoms in total. The lowest BCUT2D eigenvalue weighted by Crippen LogP contribution is -2.38. The highest BCUT2D eigenvalue weighted by molar-refractivity contribution is 7.80. The van der Waals surface area contributed by atoms with Gasteiger partial charge in [0.15, 0.2) is 5.82 Å². The fourth-order valence-corrected chi connectivity index (χ4v) is 3.69. The number of aromatic nitrogens is 3. The van der Waals surface area contributed by atoms with Crippen molar-refractivity contribution in [3.8, 4) is 22.8 Å². The molecule has 0 aliphatic carbocycles. The van der Waals surface area contributed by atoms with Crippen molar-refractivity contribution in [2.45, 2.75) is 19.8 Å². The number of ether oxygens (including phenoxy) is 1. The Morgan fingerprint density at radius 1 is 1.06 bits per heavy atom. The Labute approximate surface area is 209 Å². The fraction of sp³-hybridized carbons (Fsp3) is 0.120. The molecule has 11 heteroatoms. The molecule has 0 saturated heterocycles. The van der Waals surface area contributed by atoms with Gasteiger partial charge in [0, 0.05) is 17.7 Å². The normalized spacial score (nSPS) is 11.1. The first kappa shape index (κ1) is 24.9. The van der Waals surface area contributed by atoms with Crippen LogP contribution < -0.4 is 15.4 Å². The van der Waals surface area contributed by atoms with Crippen LogP contribution in [0.15, 0.2) is 79.1 Å². The standard InChI is InChI=1S/C25H20F3N5O2S/c1-16-5-2-3-8-21(16)23(36)31-24(34)29-14-17-6-4-7-18(13-17)22-30-15-33(32-22)19-9-11-20(12-10-19)35-25(26,27)28/h2-13,15H,14H2,1H3,(H2,29,31,34,36). The van der Waals surface area contributed by atoms with Gasteiger partial charge in [0.05, 0.1) is 5.69 Å². The second kappa shape index (κ2) is 10.6. The number of alkyl halides is 3. The van der Waals surface area contributed by atoms with Gasteiger partial charge in [0.2, 0.25) is 0 Å². The van der Waals surface area contributed by atoms with E-state index in [9.17, 15) is 18.0 Å². The van der Waals surface area contributed by atoms with Crippen LogP contribution in [0, 0.1) is 6.92 Å². The molecule has 1 aromatic heterocycles. The second-order valence-electron chi connectivity index (χ2n) is 7.71. The van der Waals surface area contributed by atoms with Gasteiger partial charge in [-0.1, -0.05) is 54.7 Å². The molecule has 0 fully saturated rings. The topological polar surface area (TPSA) is 81.1 Å². The molecule has 4 aromatic rings. The highest BCUT2D eigenvalue weighted by Gasteiger charge is 2.31. The lowest BCUT2D eigenvalue weighted by molar-refractivity contribution is -0.274. The molecule has 2 N–H and O–H groups in total. The fourth-order valence-electron chi connectivity index (χ4n) is 3.37. The van der Waals surface area contributed by atoms with Gasteiger partial charge in [-0.2, -0.15) is 0 Å². The lowest BCUT2D eigenvalue weighted by atomic mass is 10.1. The molecule has 0 aliphatic rings. The first-order valence-corrected chi connectivity index (χ1v) is 11.1. The average Bonchev–Trinajstić information content (AvgIpc) is 3.33. The van der Waals surface area contributed by atoms with Crippen molar-refractivity contribution in [3.63, 3.8) is 0 Å². The minimum atomic E-state index is -4.75. The number of amides is 2. The molecule has 0 saturated carbocycles. The SMILES string of the molecule is Cc1ccccc1C(=S)NC(=O)NCc1cccc(-c2ncn(-c3ccc(OC(F)(F)F)cc3)n2)c1. The number of aryl methyl sites for hydroxylation is 1. The summed E-state index contributed by atoms with van der Waals surface area (Å²) in [5.41, 5.74) is 3.79. The van der Waals surface area contributed by atoms with E-state index in [2.05, 4.69) is 25.5 Å². The van der Waals surface area contributed by atoms with E-state index in [4.69, 9.17) is 12.2 Å². The minimum absolute atomic E-state index is 0.247. The molecule has 3 aromatic carbocycles. The number of hydrogen-bond donors (Lipinski definition) is 2. The van der Waals surface area contributed by atoms with Gasteiger partial charge in [0.25, 0.3) is 0 Å². The van der Waals surface area contributed by atoms with Crippen molar-refractivity contribution in [3.05, 3.63) is 95.8 Å². The number of hydrogen-bond acceptors (Lipinski definition) is 5. The monoisotopic (exact) mass is 511 g/mol. The molecule has 0 spiro atoms. The number of benzene rings is 3. The maximum absolute atomic E-state index is 12.3. The Morgan fingerprint density at radius 3 is 2.53 bits per heavy atom. The lowest BCUT2D eigenvalue weighted by Gasteiger charge is -2.11. The number of halogens is 3. The summed E-state index contributed by atoms with van der Waals surface area (Å²) >= 11 is 5.32. The number of nitrogens with one attached hydrogen (secondary N) is 2. The van der Waals surface area contributed by atoms with Crippen molar-refractivity contribution < 1.29 is 22.7 Å². The van der Waals surface area contributed by atoms with Crippen LogP contribution in [0.5, 0.6) is 5.75 Å². The van der Waals surface area contributed by atoms with Crippen LogP contribution in [0.25, 0.3) is 17.1 Å². The van der Waals surface area contributed by atoms with Crippen LogP contribution >= 0.6 is 12.2 Å². The third-order valence-corrected chi connectivity index (χ3v) is 5.40. The molecule has 0 atom stereocenters. The van der Waals surface area contributed by atoms with Gasteiger partial charge in [0.1, 0.15) is 17.1 Å². The van der Waals surface area contributed by atoms with Crippen LogP contribution in [-0.4, -0.2) is 32.1 Å². The zero-order valence-corrected chi connectivity index (χ0v) is 19.7. The highest BCUT2D eigenvalue weighted by atomic mass is 32.1. The van der Waals surface area contributed by atoms with Crippen molar-refractivity contribution in [1.29, 1.82) is 0 Å². The van der Waals surface area contributed by atoms with Gasteiger partial charge in [-0.25, -0.2) is 14.5 Å². The number of thiocarbonyl (C=S) groups is 1. The van der Waals surface area contributed by atoms with Crippen molar-refractivity contribution in [2.75, 3.05) is 0 Å². The van der Waals surface area contributed by atoms with Crippen LogP contribution in [0.2, 0.25) is 0 Å². The summed E-state index contributed by atoms with van der Waals surface area (Å²) in [5.74, 6) is 0.0909. The van der Waals surface area contributed by atoms with Crippen LogP contribution in [-0.2, 0) is 6.54 Å². The molecular formula is C25H20F3N5O2S. The number of nitrogens with zero attached hydrogens (tertiary/aromatic N) is 3. The zero-order valence-electron chi connectivity index (χ0n) is 18.9. The maximum atomic E-state index is 12.3. The third-order valence-electron chi connectivity index (χ3n) is 5.08. The summed E-state index contributed by atoms with van der Waals surface area (Å²) in [7, 11) is 0. The van der Waals surface area contributed by atoms with Gasteiger partial charge >= 0.3 is 12.4 Å². The Bertz CT molecular complexity index is 1390. The molecule has 4 rings (SSSR count). The average molecular weight is 512 g/mol. The van der Waals surface area contributed by atoms with E-state index < -0.39 is 12.4 Å². The number of carbonyl (C=O) groups is 1. The van der Waals surface area contributed by atoms with E-state index in [0.717, 1.165) is 16.7 Å². The summed E-state index contributed by atoms with van der Waals surface area (Å²) < 4.78 is 42.4. The Hall–Kier alpha value is -4.25. The first-order valence-electron chi connectivity index (χ1n) is 10.7. The summed E-state index contributed by atoms with van der Waals surface area (Å²) in [6.07, 6.45) is -3.30. The predicted molar refractivity (Wildman–Crippen MR) is 132 cm³/mol. The molecule has 184 valence electrons. The van der Waals surface area contributed by atoms with E-state index in [-0.39, 0.29) is 12.3 Å². The number of carbonyl (C=O) groups excluding carboxylic acids is 1. The number of rotatable bonds is 6. The molecule has 1 heterocycles. The van der Waals surface area contributed by atoms with E-state index in [1.807, 2.05) is 55.5 Å². The molecule has 2 amide bonds. The zero-order chi connectivity index (χ0) is 25.7. The van der Waals surface area contributed by atoms with Crippen LogP contribution in [0.1, 0.15) is 16.7 Å². The van der Waals surface area contributed by atoms with Crippen LogP contribution in [0.4, 0.5) is 18.0 Å². The first-order chi connectivity index (χ1) is 17.2. The molecule has 0 bridgehead atoms. The maximum Gasteiger partial charge on any atom is 0.573 e. The van der Waals surface area contributed by atoms with Gasteiger partial charge in [-0.05, 0) is 48.4 Å². The molecule has 0 radical (unpaired) electrons. The third kappa shape index (κ3) is 6.45. The van der Waals surface area contributed by atoms with Crippen molar-refractivity contribution in [1.82, 2.24) is 25.4 Å². The number of urea groups is 1. The van der Waals surface area contributed by atoms with E-state index in [1.165, 1.54) is 35.3 Å². The smallest absolute Gasteiger partial charge is 0.406 e. The molecule has 36 heavy (non-hydrogen) atoms. The highest BCUT2D eigenvalue weighted by Crippen LogP contribution is 2.24. The van der Waals surface area contributed by atoms with E-state index >= 15 is 0 Å². The minimum Gasteiger partial charge on any atom is -0.406 e. The summed E-state index contributed by atoms with van der Waals surface area (Å²) in [5, 5.41) is 9.85. The molecule has 0 aliphatic heterocycles. The van der Waals surface area contributed by atoms with Crippen molar-refractivity contribution in [2.24, 2.45) is 0 Å². The van der Waals surface area contributed by atoms with E-state index in [0.29, 0.717) is 22.1 Å². The summed E-state index contributed by atoms with van der Waals surface area (Å²) in [6.45, 7) is 2.16. The van der Waals surface area contributed by atoms with Crippen LogP contribution in [0.3, 0.4) is 0 Å². The largest absolute Gasteiger partial charge is 0.573 e. The Balaban J connectivity index is 1.38. The summed E-state index contributed by atoms with van der Waals surface area (Å²) in [4.78, 5) is 16.9. The quantitative estimate of drug-likeness (QED) is 0.343. The Kier molecular flexibility index (Phi) is 7.30.